The van der Waals surface area contributed by atoms with Crippen molar-refractivity contribution in [1.82, 2.24) is 15.5 Å². The number of guanidine groups is 1. The van der Waals surface area contributed by atoms with Crippen molar-refractivity contribution in [3.63, 3.8) is 0 Å². The zero-order valence-electron chi connectivity index (χ0n) is 15.0. The van der Waals surface area contributed by atoms with Crippen LogP contribution < -0.4 is 10.6 Å². The predicted molar refractivity (Wildman–Crippen MR) is 98.0 cm³/mol. The van der Waals surface area contributed by atoms with E-state index in [1.807, 2.05) is 0 Å². The summed E-state index contributed by atoms with van der Waals surface area (Å²) in [7, 11) is 1.71. The Labute approximate surface area is 141 Å². The minimum atomic E-state index is 0.295. The van der Waals surface area contributed by atoms with Gasteiger partial charge in [-0.25, -0.2) is 0 Å². The zero-order valence-corrected chi connectivity index (χ0v) is 15.0. The molecule has 0 heterocycles. The molecule has 1 aromatic carbocycles. The molecular weight excluding hydrogens is 288 g/mol. The van der Waals surface area contributed by atoms with Crippen molar-refractivity contribution in [2.45, 2.75) is 26.8 Å². The highest BCUT2D eigenvalue weighted by atomic mass is 16.5. The van der Waals surface area contributed by atoms with E-state index in [1.54, 1.807) is 7.11 Å². The van der Waals surface area contributed by atoms with Crippen molar-refractivity contribution in [1.29, 1.82) is 0 Å². The molecule has 0 aliphatic heterocycles. The number of hydrogen-bond donors (Lipinski definition) is 2. The second-order valence-electron chi connectivity index (χ2n) is 5.29. The van der Waals surface area contributed by atoms with Crippen molar-refractivity contribution in [2.24, 2.45) is 4.99 Å². The van der Waals surface area contributed by atoms with E-state index >= 15 is 0 Å². The Morgan fingerprint density at radius 3 is 2.39 bits per heavy atom. The SMILES string of the molecule is CCNC(=NCC(c1ccccc1)N(CC)CC)NCCOC. The van der Waals surface area contributed by atoms with E-state index in [-0.39, 0.29) is 0 Å². The Hall–Kier alpha value is -1.59. The van der Waals surface area contributed by atoms with E-state index in [2.05, 4.69) is 66.6 Å². The number of ether oxygens (including phenoxy) is 1. The molecule has 23 heavy (non-hydrogen) atoms. The summed E-state index contributed by atoms with van der Waals surface area (Å²) < 4.78 is 5.08. The molecule has 1 rings (SSSR count). The Morgan fingerprint density at radius 1 is 1.13 bits per heavy atom. The van der Waals surface area contributed by atoms with Crippen LogP contribution in [0.5, 0.6) is 0 Å². The van der Waals surface area contributed by atoms with Crippen LogP contribution in [0.25, 0.3) is 0 Å². The highest BCUT2D eigenvalue weighted by Crippen LogP contribution is 2.20. The molecule has 1 unspecified atom stereocenters. The predicted octanol–water partition coefficient (Wildman–Crippen LogP) is 2.27. The van der Waals surface area contributed by atoms with Crippen LogP contribution in [-0.2, 0) is 4.74 Å². The highest BCUT2D eigenvalue weighted by Gasteiger charge is 2.17. The van der Waals surface area contributed by atoms with E-state index in [9.17, 15) is 0 Å². The summed E-state index contributed by atoms with van der Waals surface area (Å²) in [5.74, 6) is 0.845. The Morgan fingerprint density at radius 2 is 1.83 bits per heavy atom. The molecule has 0 saturated carbocycles. The lowest BCUT2D eigenvalue weighted by Crippen LogP contribution is -2.40. The van der Waals surface area contributed by atoms with Gasteiger partial charge in [-0.3, -0.25) is 9.89 Å². The molecule has 1 atom stereocenters. The van der Waals surface area contributed by atoms with Crippen molar-refractivity contribution < 1.29 is 4.74 Å². The maximum Gasteiger partial charge on any atom is 0.191 e. The molecule has 0 aliphatic carbocycles. The van der Waals surface area contributed by atoms with Gasteiger partial charge < -0.3 is 15.4 Å². The third-order valence-corrected chi connectivity index (χ3v) is 3.80. The first-order valence-corrected chi connectivity index (χ1v) is 8.56. The molecule has 0 fully saturated rings. The first-order chi connectivity index (χ1) is 11.3. The van der Waals surface area contributed by atoms with Crippen LogP contribution >= 0.6 is 0 Å². The second kappa shape index (κ2) is 11.9. The maximum absolute atomic E-state index is 5.08. The van der Waals surface area contributed by atoms with E-state index in [0.717, 1.165) is 38.7 Å². The van der Waals surface area contributed by atoms with Crippen LogP contribution in [0.3, 0.4) is 0 Å². The number of likely N-dealkylation sites (N-methyl/N-ethyl adjacent to an activating group) is 1. The molecule has 0 radical (unpaired) electrons. The lowest BCUT2D eigenvalue weighted by molar-refractivity contribution is 0.203. The average Bonchev–Trinajstić information content (AvgIpc) is 2.59. The van der Waals surface area contributed by atoms with Crippen LogP contribution in [-0.4, -0.2) is 57.3 Å². The van der Waals surface area contributed by atoms with Gasteiger partial charge in [0.15, 0.2) is 5.96 Å². The monoisotopic (exact) mass is 320 g/mol. The first-order valence-electron chi connectivity index (χ1n) is 8.56. The molecule has 0 spiro atoms. The van der Waals surface area contributed by atoms with Crippen LogP contribution in [0.4, 0.5) is 0 Å². The average molecular weight is 320 g/mol. The van der Waals surface area contributed by atoms with Crippen LogP contribution in [0.1, 0.15) is 32.4 Å². The lowest BCUT2D eigenvalue weighted by Gasteiger charge is -2.29. The van der Waals surface area contributed by atoms with Gasteiger partial charge >= 0.3 is 0 Å². The van der Waals surface area contributed by atoms with Crippen molar-refractivity contribution >= 4 is 5.96 Å². The fourth-order valence-electron chi connectivity index (χ4n) is 2.56. The first kappa shape index (κ1) is 19.5. The molecular formula is C18H32N4O. The summed E-state index contributed by atoms with van der Waals surface area (Å²) in [6.45, 7) is 11.5. The summed E-state index contributed by atoms with van der Waals surface area (Å²) in [5.41, 5.74) is 1.31. The molecule has 0 amide bonds. The van der Waals surface area contributed by atoms with E-state index < -0.39 is 0 Å². The number of methoxy groups -OCH3 is 1. The standard InChI is InChI=1S/C18H32N4O/c1-5-19-18(20-13-14-23-4)21-15-17(22(6-2)7-3)16-11-9-8-10-12-16/h8-12,17H,5-7,13-15H2,1-4H3,(H2,19,20,21). The Balaban J connectivity index is 2.83. The number of rotatable bonds is 10. The quantitative estimate of drug-likeness (QED) is 0.394. The Kier molecular flexibility index (Phi) is 10.1. The van der Waals surface area contributed by atoms with Crippen LogP contribution in [0, 0.1) is 0 Å². The Bertz CT molecular complexity index is 432. The minimum Gasteiger partial charge on any atom is -0.383 e. The molecule has 0 aromatic heterocycles. The van der Waals surface area contributed by atoms with Gasteiger partial charge in [-0.15, -0.1) is 0 Å². The largest absolute Gasteiger partial charge is 0.383 e. The second-order valence-corrected chi connectivity index (χ2v) is 5.29. The number of nitrogens with one attached hydrogen (secondary N) is 2. The minimum absolute atomic E-state index is 0.295. The molecule has 5 nitrogen and oxygen atoms in total. The summed E-state index contributed by atoms with van der Waals surface area (Å²) in [6, 6.07) is 10.9. The van der Waals surface area contributed by atoms with Gasteiger partial charge in [-0.2, -0.15) is 0 Å². The summed E-state index contributed by atoms with van der Waals surface area (Å²) in [5, 5.41) is 6.59. The molecule has 130 valence electrons. The number of benzene rings is 1. The number of hydrogen-bond acceptors (Lipinski definition) is 3. The fourth-order valence-corrected chi connectivity index (χ4v) is 2.56. The highest BCUT2D eigenvalue weighted by molar-refractivity contribution is 5.79. The zero-order chi connectivity index (χ0) is 16.9. The summed E-state index contributed by atoms with van der Waals surface area (Å²) in [4.78, 5) is 7.22. The molecule has 0 aliphatic rings. The third kappa shape index (κ3) is 7.01. The number of nitrogens with zero attached hydrogens (tertiary/aromatic N) is 2. The van der Waals surface area contributed by atoms with Gasteiger partial charge in [0.25, 0.3) is 0 Å². The maximum atomic E-state index is 5.08. The van der Waals surface area contributed by atoms with Gasteiger partial charge in [-0.1, -0.05) is 44.2 Å². The van der Waals surface area contributed by atoms with Gasteiger partial charge in [0.2, 0.25) is 0 Å². The van der Waals surface area contributed by atoms with Crippen LogP contribution in [0.2, 0.25) is 0 Å². The van der Waals surface area contributed by atoms with Crippen molar-refractivity contribution in [3.8, 4) is 0 Å². The molecule has 0 saturated heterocycles. The van der Waals surface area contributed by atoms with Gasteiger partial charge in [0, 0.05) is 20.2 Å². The normalized spacial score (nSPS) is 13.2. The number of aliphatic imine (C=N–C) groups is 1. The molecule has 1 aromatic rings. The fraction of sp³-hybridized carbons (Fsp3) is 0.611. The van der Waals surface area contributed by atoms with Gasteiger partial charge in [0.05, 0.1) is 19.2 Å². The van der Waals surface area contributed by atoms with Gasteiger partial charge in [0.1, 0.15) is 0 Å². The molecule has 0 bridgehead atoms. The van der Waals surface area contributed by atoms with Crippen molar-refractivity contribution in [3.05, 3.63) is 35.9 Å². The van der Waals surface area contributed by atoms with Crippen molar-refractivity contribution in [2.75, 3.05) is 46.4 Å². The van der Waals surface area contributed by atoms with Crippen LogP contribution in [0.15, 0.2) is 35.3 Å². The smallest absolute Gasteiger partial charge is 0.191 e. The van der Waals surface area contributed by atoms with E-state index in [1.165, 1.54) is 5.56 Å². The lowest BCUT2D eigenvalue weighted by atomic mass is 10.1. The topological polar surface area (TPSA) is 48.9 Å². The molecule has 2 N–H and O–H groups in total. The summed E-state index contributed by atoms with van der Waals surface area (Å²) >= 11 is 0. The van der Waals surface area contributed by atoms with E-state index in [0.29, 0.717) is 12.6 Å². The van der Waals surface area contributed by atoms with E-state index in [4.69, 9.17) is 9.73 Å². The third-order valence-electron chi connectivity index (χ3n) is 3.80. The van der Waals surface area contributed by atoms with Gasteiger partial charge in [-0.05, 0) is 25.6 Å². The summed E-state index contributed by atoms with van der Waals surface area (Å²) in [6.07, 6.45) is 0. The molecule has 5 heteroatoms.